The molecule has 88 valence electrons. The molecule has 0 radical (unpaired) electrons. The zero-order chi connectivity index (χ0) is 11.4. The first-order valence-electron chi connectivity index (χ1n) is 5.83. The van der Waals surface area contributed by atoms with E-state index in [-0.39, 0.29) is 6.04 Å². The van der Waals surface area contributed by atoms with E-state index < -0.39 is 0 Å². The molecule has 3 heteroatoms. The van der Waals surface area contributed by atoms with Crippen molar-refractivity contribution in [2.45, 2.75) is 25.3 Å². The third-order valence-electron chi connectivity index (χ3n) is 3.23. The van der Waals surface area contributed by atoms with Crippen molar-refractivity contribution in [3.05, 3.63) is 34.9 Å². The van der Waals surface area contributed by atoms with Crippen LogP contribution in [0, 0.1) is 5.92 Å². The Morgan fingerprint density at radius 3 is 2.81 bits per heavy atom. The predicted octanol–water partition coefficient (Wildman–Crippen LogP) is 2.64. The van der Waals surface area contributed by atoms with E-state index >= 15 is 0 Å². The summed E-state index contributed by atoms with van der Waals surface area (Å²) < 4.78 is 5.34. The average molecular weight is 240 g/mol. The Morgan fingerprint density at radius 2 is 2.12 bits per heavy atom. The quantitative estimate of drug-likeness (QED) is 0.880. The molecule has 1 saturated heterocycles. The maximum Gasteiger partial charge on any atom is 0.0469 e. The van der Waals surface area contributed by atoms with Crippen LogP contribution in [0.2, 0.25) is 5.02 Å². The molecule has 1 heterocycles. The molecule has 0 aliphatic carbocycles. The highest BCUT2D eigenvalue weighted by Gasteiger charge is 2.20. The Bertz CT molecular complexity index is 336. The molecule has 16 heavy (non-hydrogen) atoms. The lowest BCUT2D eigenvalue weighted by Crippen LogP contribution is -2.36. The molecule has 1 aromatic rings. The molecule has 1 aliphatic heterocycles. The van der Waals surface area contributed by atoms with Gasteiger partial charge in [0.25, 0.3) is 0 Å². The SMILES string of the molecule is NC(Cc1cccc(Cl)c1)C1CCOCC1. The first-order valence-corrected chi connectivity index (χ1v) is 6.21. The monoisotopic (exact) mass is 239 g/mol. The van der Waals surface area contributed by atoms with Gasteiger partial charge < -0.3 is 10.5 Å². The second kappa shape index (κ2) is 5.67. The zero-order valence-electron chi connectivity index (χ0n) is 9.36. The lowest BCUT2D eigenvalue weighted by molar-refractivity contribution is 0.0585. The van der Waals surface area contributed by atoms with Crippen molar-refractivity contribution in [2.75, 3.05) is 13.2 Å². The van der Waals surface area contributed by atoms with Crippen molar-refractivity contribution >= 4 is 11.6 Å². The van der Waals surface area contributed by atoms with Gasteiger partial charge >= 0.3 is 0 Å². The van der Waals surface area contributed by atoms with Gasteiger partial charge in [0.15, 0.2) is 0 Å². The summed E-state index contributed by atoms with van der Waals surface area (Å²) in [4.78, 5) is 0. The van der Waals surface area contributed by atoms with E-state index in [0.717, 1.165) is 37.5 Å². The number of rotatable bonds is 3. The molecule has 0 saturated carbocycles. The summed E-state index contributed by atoms with van der Waals surface area (Å²) in [6, 6.07) is 8.19. The molecular weight excluding hydrogens is 222 g/mol. The van der Waals surface area contributed by atoms with Gasteiger partial charge in [0.2, 0.25) is 0 Å². The lowest BCUT2D eigenvalue weighted by atomic mass is 9.88. The van der Waals surface area contributed by atoms with E-state index in [1.165, 1.54) is 5.56 Å². The van der Waals surface area contributed by atoms with Crippen LogP contribution in [-0.4, -0.2) is 19.3 Å². The van der Waals surface area contributed by atoms with Gasteiger partial charge in [-0.05, 0) is 42.9 Å². The number of ether oxygens (including phenoxy) is 1. The van der Waals surface area contributed by atoms with Crippen LogP contribution in [0.15, 0.2) is 24.3 Å². The Hall–Kier alpha value is -0.570. The molecular formula is C13H18ClNO. The molecule has 0 spiro atoms. The van der Waals surface area contributed by atoms with Crippen LogP contribution in [0.1, 0.15) is 18.4 Å². The minimum atomic E-state index is 0.224. The minimum Gasteiger partial charge on any atom is -0.381 e. The fourth-order valence-electron chi connectivity index (χ4n) is 2.25. The van der Waals surface area contributed by atoms with Crippen molar-refractivity contribution in [1.82, 2.24) is 0 Å². The normalized spacial score (nSPS) is 19.6. The molecule has 2 nitrogen and oxygen atoms in total. The average Bonchev–Trinajstić information content (AvgIpc) is 2.30. The first kappa shape index (κ1) is 11.9. The van der Waals surface area contributed by atoms with Gasteiger partial charge in [-0.25, -0.2) is 0 Å². The van der Waals surface area contributed by atoms with Crippen LogP contribution < -0.4 is 5.73 Å². The second-order valence-corrected chi connectivity index (χ2v) is 4.88. The van der Waals surface area contributed by atoms with Crippen LogP contribution in [0.25, 0.3) is 0 Å². The van der Waals surface area contributed by atoms with Gasteiger partial charge in [0, 0.05) is 24.3 Å². The third-order valence-corrected chi connectivity index (χ3v) is 3.47. The standard InChI is InChI=1S/C13H18ClNO/c14-12-3-1-2-10(8-12)9-13(15)11-4-6-16-7-5-11/h1-3,8,11,13H,4-7,9,15H2. The van der Waals surface area contributed by atoms with Crippen molar-refractivity contribution in [3.63, 3.8) is 0 Å². The van der Waals surface area contributed by atoms with Crippen LogP contribution in [0.4, 0.5) is 0 Å². The highest BCUT2D eigenvalue weighted by Crippen LogP contribution is 2.21. The van der Waals surface area contributed by atoms with Crippen LogP contribution >= 0.6 is 11.6 Å². The van der Waals surface area contributed by atoms with Gasteiger partial charge in [0.1, 0.15) is 0 Å². The molecule has 2 rings (SSSR count). The van der Waals surface area contributed by atoms with Crippen LogP contribution in [0.5, 0.6) is 0 Å². The topological polar surface area (TPSA) is 35.2 Å². The van der Waals surface area contributed by atoms with Crippen molar-refractivity contribution in [3.8, 4) is 0 Å². The third kappa shape index (κ3) is 3.21. The number of halogens is 1. The van der Waals surface area contributed by atoms with Gasteiger partial charge in [-0.2, -0.15) is 0 Å². The summed E-state index contributed by atoms with van der Waals surface area (Å²) in [6.45, 7) is 1.71. The number of benzene rings is 1. The van der Waals surface area contributed by atoms with Gasteiger partial charge in [-0.15, -0.1) is 0 Å². The highest BCUT2D eigenvalue weighted by atomic mass is 35.5. The Morgan fingerprint density at radius 1 is 1.38 bits per heavy atom. The molecule has 0 bridgehead atoms. The first-order chi connectivity index (χ1) is 7.75. The van der Waals surface area contributed by atoms with Gasteiger partial charge in [-0.1, -0.05) is 23.7 Å². The Labute approximate surface area is 102 Å². The minimum absolute atomic E-state index is 0.224. The maximum atomic E-state index is 6.23. The molecule has 1 unspecified atom stereocenters. The van der Waals surface area contributed by atoms with E-state index in [1.807, 2.05) is 18.2 Å². The van der Waals surface area contributed by atoms with Crippen LogP contribution in [-0.2, 0) is 11.2 Å². The summed E-state index contributed by atoms with van der Waals surface area (Å²) >= 11 is 5.95. The molecule has 1 atom stereocenters. The molecule has 1 aliphatic rings. The van der Waals surface area contributed by atoms with E-state index in [2.05, 4.69) is 6.07 Å². The molecule has 2 N–H and O–H groups in total. The smallest absolute Gasteiger partial charge is 0.0469 e. The summed E-state index contributed by atoms with van der Waals surface area (Å²) in [5.74, 6) is 0.590. The van der Waals surface area contributed by atoms with Crippen molar-refractivity contribution < 1.29 is 4.74 Å². The summed E-state index contributed by atoms with van der Waals surface area (Å²) in [5.41, 5.74) is 7.46. The lowest BCUT2D eigenvalue weighted by Gasteiger charge is -2.27. The number of hydrogen-bond acceptors (Lipinski definition) is 2. The molecule has 0 aromatic heterocycles. The van der Waals surface area contributed by atoms with Crippen molar-refractivity contribution in [1.29, 1.82) is 0 Å². The maximum absolute atomic E-state index is 6.23. The molecule has 1 aromatic carbocycles. The fraction of sp³-hybridized carbons (Fsp3) is 0.538. The Balaban J connectivity index is 1.93. The number of hydrogen-bond donors (Lipinski definition) is 1. The molecule has 1 fully saturated rings. The number of nitrogens with two attached hydrogens (primary N) is 1. The second-order valence-electron chi connectivity index (χ2n) is 4.45. The summed E-state index contributed by atoms with van der Waals surface area (Å²) in [5, 5.41) is 0.789. The highest BCUT2D eigenvalue weighted by molar-refractivity contribution is 6.30. The van der Waals surface area contributed by atoms with E-state index in [9.17, 15) is 0 Å². The summed E-state index contributed by atoms with van der Waals surface area (Å²) in [6.07, 6.45) is 3.08. The Kier molecular flexibility index (Phi) is 4.22. The summed E-state index contributed by atoms with van der Waals surface area (Å²) in [7, 11) is 0. The van der Waals surface area contributed by atoms with E-state index in [1.54, 1.807) is 0 Å². The van der Waals surface area contributed by atoms with E-state index in [0.29, 0.717) is 5.92 Å². The largest absolute Gasteiger partial charge is 0.381 e. The van der Waals surface area contributed by atoms with Crippen LogP contribution in [0.3, 0.4) is 0 Å². The van der Waals surface area contributed by atoms with Gasteiger partial charge in [-0.3, -0.25) is 0 Å². The van der Waals surface area contributed by atoms with E-state index in [4.69, 9.17) is 22.1 Å². The molecule has 0 amide bonds. The van der Waals surface area contributed by atoms with Crippen molar-refractivity contribution in [2.24, 2.45) is 11.7 Å². The fourth-order valence-corrected chi connectivity index (χ4v) is 2.46. The predicted molar refractivity (Wildman–Crippen MR) is 66.7 cm³/mol. The van der Waals surface area contributed by atoms with Gasteiger partial charge in [0.05, 0.1) is 0 Å². The zero-order valence-corrected chi connectivity index (χ0v) is 10.1.